The molecule has 47 heavy (non-hydrogen) atoms. The zero-order chi connectivity index (χ0) is 35.2. The maximum absolute atomic E-state index is 12.5. The Morgan fingerprint density at radius 1 is 0.936 bits per heavy atom. The summed E-state index contributed by atoms with van der Waals surface area (Å²) in [5, 5.41) is 107. The third-order valence-electron chi connectivity index (χ3n) is 8.46. The van der Waals surface area contributed by atoms with Gasteiger partial charge in [-0.15, -0.1) is 0 Å². The molecule has 3 saturated heterocycles. The van der Waals surface area contributed by atoms with Crippen LogP contribution >= 0.6 is 0 Å². The summed E-state index contributed by atoms with van der Waals surface area (Å²) in [6.07, 6.45) is -23.0. The quantitative estimate of drug-likeness (QED) is 0.0718. The molecule has 19 nitrogen and oxygen atoms in total. The van der Waals surface area contributed by atoms with Crippen LogP contribution in [-0.4, -0.2) is 180 Å². The normalized spacial score (nSPS) is 42.4. The molecule has 3 aliphatic rings. The summed E-state index contributed by atoms with van der Waals surface area (Å²) in [5.41, 5.74) is 0. The highest BCUT2D eigenvalue weighted by molar-refractivity contribution is 5.76. The van der Waals surface area contributed by atoms with Gasteiger partial charge in [-0.2, -0.15) is 0 Å². The van der Waals surface area contributed by atoms with Gasteiger partial charge in [0.25, 0.3) is 5.79 Å². The van der Waals surface area contributed by atoms with E-state index in [9.17, 15) is 60.7 Å². The Morgan fingerprint density at radius 3 is 2.15 bits per heavy atom. The van der Waals surface area contributed by atoms with E-state index in [2.05, 4.69) is 5.32 Å². The first-order chi connectivity index (χ1) is 22.1. The average molecular weight is 688 g/mol. The summed E-state index contributed by atoms with van der Waals surface area (Å²) >= 11 is 0. The monoisotopic (exact) mass is 687 g/mol. The Kier molecular flexibility index (Phi) is 14.7. The van der Waals surface area contributed by atoms with Crippen molar-refractivity contribution in [3.05, 3.63) is 0 Å². The minimum atomic E-state index is -2.74. The summed E-state index contributed by atoms with van der Waals surface area (Å²) in [4.78, 5) is 24.3. The average Bonchev–Trinajstić information content (AvgIpc) is 3.03. The van der Waals surface area contributed by atoms with Gasteiger partial charge >= 0.3 is 5.97 Å². The number of aliphatic hydroxyl groups is 9. The van der Waals surface area contributed by atoms with E-state index >= 15 is 0 Å². The van der Waals surface area contributed by atoms with Crippen LogP contribution in [0.4, 0.5) is 0 Å². The molecule has 19 heteroatoms. The second-order valence-electron chi connectivity index (χ2n) is 12.0. The number of amides is 1. The lowest BCUT2D eigenvalue weighted by Crippen LogP contribution is -2.68. The first-order valence-corrected chi connectivity index (χ1v) is 15.6. The molecule has 11 N–H and O–H groups in total. The van der Waals surface area contributed by atoms with E-state index in [1.807, 2.05) is 6.92 Å². The first kappa shape index (κ1) is 39.8. The number of ether oxygens (including phenoxy) is 6. The van der Waals surface area contributed by atoms with Gasteiger partial charge in [-0.3, -0.25) is 4.79 Å². The summed E-state index contributed by atoms with van der Waals surface area (Å²) in [6.45, 7) is 3.11. The van der Waals surface area contributed by atoms with Crippen LogP contribution in [0.25, 0.3) is 0 Å². The summed E-state index contributed by atoms with van der Waals surface area (Å²) in [6, 6.07) is -1.36. The van der Waals surface area contributed by atoms with Crippen LogP contribution in [0.3, 0.4) is 0 Å². The lowest BCUT2D eigenvalue weighted by Gasteiger charge is -2.48. The molecular weight excluding hydrogens is 638 g/mol. The Hall–Kier alpha value is -1.66. The number of rotatable bonds is 15. The second-order valence-corrected chi connectivity index (χ2v) is 12.0. The van der Waals surface area contributed by atoms with E-state index in [1.54, 1.807) is 0 Å². The third kappa shape index (κ3) is 9.12. The lowest BCUT2D eigenvalue weighted by molar-refractivity contribution is -0.367. The molecule has 0 aromatic carbocycles. The van der Waals surface area contributed by atoms with Gasteiger partial charge in [-0.1, -0.05) is 20.3 Å². The molecule has 3 aliphatic heterocycles. The Labute approximate surface area is 270 Å². The van der Waals surface area contributed by atoms with Gasteiger partial charge in [-0.25, -0.2) is 4.79 Å². The van der Waals surface area contributed by atoms with Crippen molar-refractivity contribution in [2.75, 3.05) is 19.8 Å². The number of carbonyl (C=O) groups excluding carboxylic acids is 1. The van der Waals surface area contributed by atoms with Crippen molar-refractivity contribution in [2.45, 2.75) is 144 Å². The maximum Gasteiger partial charge on any atom is 0.364 e. The van der Waals surface area contributed by atoms with Gasteiger partial charge in [0.2, 0.25) is 5.91 Å². The summed E-state index contributed by atoms with van der Waals surface area (Å²) < 4.78 is 33.4. The fourth-order valence-corrected chi connectivity index (χ4v) is 5.65. The highest BCUT2D eigenvalue weighted by atomic mass is 16.8. The zero-order valence-electron chi connectivity index (χ0n) is 26.3. The van der Waals surface area contributed by atoms with E-state index in [-0.39, 0.29) is 13.0 Å². The number of nitrogens with one attached hydrogen (secondary N) is 1. The number of hydrogen-bond donors (Lipinski definition) is 11. The third-order valence-corrected chi connectivity index (χ3v) is 8.46. The van der Waals surface area contributed by atoms with Crippen LogP contribution in [0.1, 0.15) is 46.5 Å². The molecule has 0 aliphatic carbocycles. The van der Waals surface area contributed by atoms with Crippen LogP contribution in [0, 0.1) is 0 Å². The molecule has 0 aromatic rings. The molecule has 16 atom stereocenters. The fourth-order valence-electron chi connectivity index (χ4n) is 5.65. The molecule has 0 radical (unpaired) electrons. The number of aliphatic carboxylic acids is 1. The SMILES string of the molecule is CCCCO[C@@H]1OC(CO)[C@@H](O[C@@H]2OC(CO[C@]3(C(=O)O)C[C@@H](O)[C@@H](NC(C)=O)C([C@H](O)[C@H](O)CC)O3)[C@H](O)[C@H](O)C2O)[C@H](O)C1O. The minimum Gasteiger partial charge on any atom is -0.477 e. The maximum atomic E-state index is 12.5. The number of carbonyl (C=O) groups is 2. The van der Waals surface area contributed by atoms with E-state index in [0.717, 1.165) is 13.3 Å². The van der Waals surface area contributed by atoms with Gasteiger partial charge in [-0.05, 0) is 12.8 Å². The zero-order valence-corrected chi connectivity index (χ0v) is 26.3. The van der Waals surface area contributed by atoms with E-state index in [1.165, 1.54) is 6.92 Å². The van der Waals surface area contributed by atoms with E-state index < -0.39 is 129 Å². The molecule has 0 aromatic heterocycles. The van der Waals surface area contributed by atoms with E-state index in [4.69, 9.17) is 28.4 Å². The molecule has 5 unspecified atom stereocenters. The highest BCUT2D eigenvalue weighted by Gasteiger charge is 2.57. The van der Waals surface area contributed by atoms with Crippen molar-refractivity contribution >= 4 is 11.9 Å². The molecule has 274 valence electrons. The van der Waals surface area contributed by atoms with Crippen LogP contribution < -0.4 is 5.32 Å². The fraction of sp³-hybridized carbons (Fsp3) is 0.929. The van der Waals surface area contributed by atoms with Crippen LogP contribution in [-0.2, 0) is 38.0 Å². The van der Waals surface area contributed by atoms with Crippen molar-refractivity contribution in [1.82, 2.24) is 5.32 Å². The number of hydrogen-bond acceptors (Lipinski definition) is 17. The van der Waals surface area contributed by atoms with Gasteiger partial charge in [0.1, 0.15) is 61.0 Å². The molecule has 1 amide bonds. The topological polar surface area (TPSA) is 304 Å². The number of unbranched alkanes of at least 4 members (excludes halogenated alkanes) is 1. The smallest absolute Gasteiger partial charge is 0.364 e. The highest BCUT2D eigenvalue weighted by Crippen LogP contribution is 2.35. The van der Waals surface area contributed by atoms with Crippen molar-refractivity contribution < 1.29 is 89.1 Å². The molecule has 0 bridgehead atoms. The first-order valence-electron chi connectivity index (χ1n) is 15.6. The van der Waals surface area contributed by atoms with Crippen molar-refractivity contribution in [3.8, 4) is 0 Å². The second kappa shape index (κ2) is 17.3. The van der Waals surface area contributed by atoms with Crippen LogP contribution in [0.2, 0.25) is 0 Å². The van der Waals surface area contributed by atoms with Crippen molar-refractivity contribution in [2.24, 2.45) is 0 Å². The van der Waals surface area contributed by atoms with Gasteiger partial charge < -0.3 is 84.8 Å². The Bertz CT molecular complexity index is 1010. The lowest BCUT2D eigenvalue weighted by atomic mass is 9.88. The summed E-state index contributed by atoms with van der Waals surface area (Å²) in [7, 11) is 0. The molecule has 3 heterocycles. The molecule has 3 fully saturated rings. The molecule has 0 spiro atoms. The minimum absolute atomic E-state index is 0.00398. The van der Waals surface area contributed by atoms with Gasteiger partial charge in [0, 0.05) is 20.0 Å². The standard InChI is InChI=1S/C28H49NO18/c1-4-6-7-42-25-22(39)20(37)23(14(9-30)44-25)46-26-21(38)19(36)18(35)15(45-26)10-43-28(27(40)41)8-13(33)16(29-11(3)31)24(47-28)17(34)12(32)5-2/h12-26,30,32-39H,4-10H2,1-3H3,(H,29,31)(H,40,41)/t12-,13-,14?,15?,16-,17-,18+,19+,20-,21?,22?,23-,24?,25-,26+,28-/m1/s1. The van der Waals surface area contributed by atoms with Gasteiger partial charge in [0.05, 0.1) is 31.5 Å². The number of carboxylic acid groups (broad SMARTS) is 1. The Balaban J connectivity index is 1.79. The Morgan fingerprint density at radius 2 is 1.57 bits per heavy atom. The predicted molar refractivity (Wildman–Crippen MR) is 152 cm³/mol. The molecule has 0 saturated carbocycles. The molecular formula is C28H49NO18. The van der Waals surface area contributed by atoms with Crippen LogP contribution in [0.5, 0.6) is 0 Å². The van der Waals surface area contributed by atoms with Gasteiger partial charge in [0.15, 0.2) is 12.6 Å². The van der Waals surface area contributed by atoms with E-state index in [0.29, 0.717) is 6.42 Å². The summed E-state index contributed by atoms with van der Waals surface area (Å²) in [5.74, 6) is -5.18. The van der Waals surface area contributed by atoms with Crippen molar-refractivity contribution in [1.29, 1.82) is 0 Å². The molecule has 3 rings (SSSR count). The van der Waals surface area contributed by atoms with Crippen molar-refractivity contribution in [3.63, 3.8) is 0 Å². The number of carboxylic acids is 1. The predicted octanol–water partition coefficient (Wildman–Crippen LogP) is -4.98. The van der Waals surface area contributed by atoms with Crippen LogP contribution in [0.15, 0.2) is 0 Å². The largest absolute Gasteiger partial charge is 0.477 e. The number of aliphatic hydroxyl groups excluding tert-OH is 9.